The minimum atomic E-state index is 0.475. The highest BCUT2D eigenvalue weighted by Crippen LogP contribution is 2.25. The van der Waals surface area contributed by atoms with Crippen molar-refractivity contribution < 1.29 is 0 Å². The fraction of sp³-hybridized carbons (Fsp3) is 0.471. The van der Waals surface area contributed by atoms with Gasteiger partial charge >= 0.3 is 0 Å². The number of nitrogens with two attached hydrogens (primary N) is 1. The average molecular weight is 304 g/mol. The summed E-state index contributed by atoms with van der Waals surface area (Å²) in [5.74, 6) is 0. The third-order valence-corrected chi connectivity index (χ3v) is 4.72. The molecule has 1 aromatic heterocycles. The van der Waals surface area contributed by atoms with Gasteiger partial charge in [-0.2, -0.15) is 0 Å². The van der Waals surface area contributed by atoms with Gasteiger partial charge < -0.3 is 5.73 Å². The number of aromatic nitrogens is 1. The van der Waals surface area contributed by atoms with E-state index in [4.69, 9.17) is 17.3 Å². The Hall–Kier alpha value is -1.16. The van der Waals surface area contributed by atoms with Crippen LogP contribution in [0.2, 0.25) is 5.15 Å². The van der Waals surface area contributed by atoms with Crippen LogP contribution < -0.4 is 5.73 Å². The van der Waals surface area contributed by atoms with Gasteiger partial charge in [0, 0.05) is 30.1 Å². The van der Waals surface area contributed by atoms with E-state index in [-0.39, 0.29) is 0 Å². The lowest BCUT2D eigenvalue weighted by molar-refractivity contribution is 0.145. The Kier molecular flexibility index (Phi) is 4.43. The third-order valence-electron chi connectivity index (χ3n) is 4.39. The Morgan fingerprint density at radius 3 is 3.00 bits per heavy atom. The summed E-state index contributed by atoms with van der Waals surface area (Å²) < 4.78 is 0. The minimum Gasteiger partial charge on any atom is -0.329 e. The summed E-state index contributed by atoms with van der Waals surface area (Å²) in [6.45, 7) is 4.74. The maximum absolute atomic E-state index is 6.40. The van der Waals surface area contributed by atoms with E-state index in [1.165, 1.54) is 24.8 Å². The summed E-state index contributed by atoms with van der Waals surface area (Å²) >= 11 is 6.40. The molecule has 2 aromatic rings. The van der Waals surface area contributed by atoms with E-state index in [1.807, 2.05) is 0 Å². The van der Waals surface area contributed by atoms with Crippen molar-refractivity contribution in [3.63, 3.8) is 0 Å². The van der Waals surface area contributed by atoms with E-state index in [2.05, 4.69) is 41.1 Å². The molecule has 3 rings (SSSR count). The Morgan fingerprint density at radius 2 is 2.19 bits per heavy atom. The van der Waals surface area contributed by atoms with Gasteiger partial charge in [0.05, 0.1) is 5.52 Å². The third kappa shape index (κ3) is 3.20. The molecule has 0 radical (unpaired) electrons. The number of fused-ring (bicyclic) bond motifs is 1. The number of likely N-dealkylation sites (tertiary alicyclic amines) is 1. The fourth-order valence-electron chi connectivity index (χ4n) is 3.16. The van der Waals surface area contributed by atoms with Crippen molar-refractivity contribution in [3.05, 3.63) is 40.5 Å². The summed E-state index contributed by atoms with van der Waals surface area (Å²) in [7, 11) is 0. The Morgan fingerprint density at radius 1 is 1.33 bits per heavy atom. The largest absolute Gasteiger partial charge is 0.329 e. The molecule has 0 bridgehead atoms. The lowest BCUT2D eigenvalue weighted by atomic mass is 10.0. The number of aryl methyl sites for hydroxylation is 1. The fourth-order valence-corrected chi connectivity index (χ4v) is 3.37. The van der Waals surface area contributed by atoms with Crippen molar-refractivity contribution in [2.45, 2.75) is 38.8 Å². The van der Waals surface area contributed by atoms with Crippen LogP contribution in [-0.4, -0.2) is 29.0 Å². The zero-order chi connectivity index (χ0) is 14.8. The molecule has 21 heavy (non-hydrogen) atoms. The maximum Gasteiger partial charge on any atom is 0.134 e. The molecule has 1 fully saturated rings. The maximum atomic E-state index is 6.40. The molecule has 0 aliphatic carbocycles. The Bertz CT molecular complexity index is 641. The van der Waals surface area contributed by atoms with Crippen LogP contribution in [0.5, 0.6) is 0 Å². The summed E-state index contributed by atoms with van der Waals surface area (Å²) in [4.78, 5) is 7.01. The zero-order valence-electron chi connectivity index (χ0n) is 12.5. The molecule has 0 amide bonds. The van der Waals surface area contributed by atoms with E-state index in [0.717, 1.165) is 36.1 Å². The lowest BCUT2D eigenvalue weighted by Gasteiger charge is -2.35. The smallest absolute Gasteiger partial charge is 0.134 e. The number of benzene rings is 1. The molecule has 3 nitrogen and oxygen atoms in total. The standard InChI is InChI=1S/C17H22ClN3/c1-12-5-6-13-9-14(17(18)20-16(13)8-12)11-21-7-3-2-4-15(21)10-19/h5-6,8-9,15H,2-4,7,10-11,19H2,1H3. The van der Waals surface area contributed by atoms with Crippen molar-refractivity contribution in [1.82, 2.24) is 9.88 Å². The summed E-state index contributed by atoms with van der Waals surface area (Å²) in [5.41, 5.74) is 9.18. The molecule has 1 aromatic carbocycles. The highest BCUT2D eigenvalue weighted by molar-refractivity contribution is 6.30. The van der Waals surface area contributed by atoms with E-state index < -0.39 is 0 Å². The summed E-state index contributed by atoms with van der Waals surface area (Å²) in [6, 6.07) is 8.96. The van der Waals surface area contributed by atoms with Crippen molar-refractivity contribution in [2.24, 2.45) is 5.73 Å². The summed E-state index contributed by atoms with van der Waals surface area (Å²) in [5, 5.41) is 1.77. The van der Waals surface area contributed by atoms with Crippen LogP contribution in [-0.2, 0) is 6.54 Å². The predicted octanol–water partition coefficient (Wildman–Crippen LogP) is 3.51. The molecule has 2 N–H and O–H groups in total. The van der Waals surface area contributed by atoms with Gasteiger partial charge in [-0.3, -0.25) is 4.90 Å². The first kappa shape index (κ1) is 14.8. The molecule has 1 atom stereocenters. The van der Waals surface area contributed by atoms with Crippen LogP contribution >= 0.6 is 11.6 Å². The van der Waals surface area contributed by atoms with Crippen LogP contribution in [0, 0.1) is 6.92 Å². The average Bonchev–Trinajstić information content (AvgIpc) is 2.49. The number of halogens is 1. The molecule has 4 heteroatoms. The molecular formula is C17H22ClN3. The Labute approximate surface area is 131 Å². The Balaban J connectivity index is 1.89. The molecule has 1 aliphatic heterocycles. The van der Waals surface area contributed by atoms with E-state index in [1.54, 1.807) is 0 Å². The van der Waals surface area contributed by atoms with Gasteiger partial charge in [0.15, 0.2) is 0 Å². The van der Waals surface area contributed by atoms with Gasteiger partial charge in [0.2, 0.25) is 0 Å². The quantitative estimate of drug-likeness (QED) is 0.882. The molecule has 1 saturated heterocycles. The first-order valence-electron chi connectivity index (χ1n) is 7.67. The van der Waals surface area contributed by atoms with Gasteiger partial charge in [-0.15, -0.1) is 0 Å². The van der Waals surface area contributed by atoms with Crippen LogP contribution in [0.3, 0.4) is 0 Å². The van der Waals surface area contributed by atoms with Crippen molar-refractivity contribution in [3.8, 4) is 0 Å². The lowest BCUT2D eigenvalue weighted by Crippen LogP contribution is -2.43. The molecule has 0 saturated carbocycles. The number of hydrogen-bond donors (Lipinski definition) is 1. The van der Waals surface area contributed by atoms with Crippen LogP contribution in [0.4, 0.5) is 0 Å². The van der Waals surface area contributed by atoms with Gasteiger partial charge in [-0.25, -0.2) is 4.98 Å². The number of piperidine rings is 1. The second-order valence-electron chi connectivity index (χ2n) is 5.99. The van der Waals surface area contributed by atoms with Crippen LogP contribution in [0.15, 0.2) is 24.3 Å². The number of rotatable bonds is 3. The molecule has 0 spiro atoms. The molecule has 1 unspecified atom stereocenters. The molecular weight excluding hydrogens is 282 g/mol. The van der Waals surface area contributed by atoms with Gasteiger partial charge in [-0.05, 0) is 44.0 Å². The zero-order valence-corrected chi connectivity index (χ0v) is 13.2. The van der Waals surface area contributed by atoms with Crippen LogP contribution in [0.25, 0.3) is 10.9 Å². The molecule has 112 valence electrons. The van der Waals surface area contributed by atoms with Crippen molar-refractivity contribution in [1.29, 1.82) is 0 Å². The number of hydrogen-bond acceptors (Lipinski definition) is 3. The minimum absolute atomic E-state index is 0.475. The second-order valence-corrected chi connectivity index (χ2v) is 6.35. The molecule has 2 heterocycles. The summed E-state index contributed by atoms with van der Waals surface area (Å²) in [6.07, 6.45) is 3.71. The van der Waals surface area contributed by atoms with Crippen molar-refractivity contribution >= 4 is 22.5 Å². The topological polar surface area (TPSA) is 42.1 Å². The predicted molar refractivity (Wildman–Crippen MR) is 88.6 cm³/mol. The van der Waals surface area contributed by atoms with E-state index in [9.17, 15) is 0 Å². The van der Waals surface area contributed by atoms with Gasteiger partial charge in [-0.1, -0.05) is 30.2 Å². The highest BCUT2D eigenvalue weighted by atomic mass is 35.5. The first-order chi connectivity index (χ1) is 10.2. The SMILES string of the molecule is Cc1ccc2cc(CN3CCCCC3CN)c(Cl)nc2c1. The first-order valence-corrected chi connectivity index (χ1v) is 8.05. The number of pyridine rings is 1. The van der Waals surface area contributed by atoms with Gasteiger partial charge in [0.25, 0.3) is 0 Å². The van der Waals surface area contributed by atoms with Gasteiger partial charge in [0.1, 0.15) is 5.15 Å². The number of nitrogens with zero attached hydrogens (tertiary/aromatic N) is 2. The van der Waals surface area contributed by atoms with E-state index in [0.29, 0.717) is 11.2 Å². The monoisotopic (exact) mass is 303 g/mol. The van der Waals surface area contributed by atoms with Crippen LogP contribution in [0.1, 0.15) is 30.4 Å². The highest BCUT2D eigenvalue weighted by Gasteiger charge is 2.22. The molecule has 1 aliphatic rings. The second kappa shape index (κ2) is 6.30. The van der Waals surface area contributed by atoms with Crippen molar-refractivity contribution in [2.75, 3.05) is 13.1 Å². The van der Waals surface area contributed by atoms with E-state index >= 15 is 0 Å². The normalized spacial score (nSPS) is 20.0.